The van der Waals surface area contributed by atoms with Crippen LogP contribution in [0.25, 0.3) is 6.08 Å². The summed E-state index contributed by atoms with van der Waals surface area (Å²) in [6.07, 6.45) is 1.69. The van der Waals surface area contributed by atoms with Crippen molar-refractivity contribution in [3.63, 3.8) is 0 Å². The Bertz CT molecular complexity index is 909. The smallest absolute Gasteiger partial charge is 0.275 e. The van der Waals surface area contributed by atoms with E-state index < -0.39 is 0 Å². The number of aliphatic imine (C=N–C) groups is 1. The third-order valence-electron chi connectivity index (χ3n) is 3.59. The van der Waals surface area contributed by atoms with Crippen LogP contribution in [0.4, 0.5) is 0 Å². The number of methoxy groups -OCH3 is 2. The van der Waals surface area contributed by atoms with Crippen LogP contribution >= 0.6 is 34.2 Å². The summed E-state index contributed by atoms with van der Waals surface area (Å²) in [5, 5.41) is 3.29. The fourth-order valence-corrected chi connectivity index (χ4v) is 3.07. The highest BCUT2D eigenvalue weighted by atomic mass is 127. The van der Waals surface area contributed by atoms with Crippen molar-refractivity contribution in [3.05, 3.63) is 61.8 Å². The van der Waals surface area contributed by atoms with Gasteiger partial charge in [0.2, 0.25) is 0 Å². The summed E-state index contributed by atoms with van der Waals surface area (Å²) in [5.74, 6) is 1.37. The summed E-state index contributed by atoms with van der Waals surface area (Å²) in [6, 6.07) is 10.9. The summed E-state index contributed by atoms with van der Waals surface area (Å²) in [7, 11) is 3.13. The van der Waals surface area contributed by atoms with Gasteiger partial charge in [-0.25, -0.2) is 4.99 Å². The van der Waals surface area contributed by atoms with Gasteiger partial charge in [0.15, 0.2) is 11.5 Å². The average Bonchev–Trinajstić information content (AvgIpc) is 2.97. The van der Waals surface area contributed by atoms with Crippen LogP contribution in [-0.4, -0.2) is 26.0 Å². The molecule has 0 radical (unpaired) electrons. The van der Waals surface area contributed by atoms with Gasteiger partial charge in [0.1, 0.15) is 11.5 Å². The number of amides is 1. The number of ether oxygens (including phenoxy) is 2. The minimum atomic E-state index is -0.278. The molecule has 1 aliphatic heterocycles. The van der Waals surface area contributed by atoms with E-state index >= 15 is 0 Å². The van der Waals surface area contributed by atoms with E-state index in [1.165, 1.54) is 0 Å². The molecule has 7 heteroatoms. The molecular weight excluding hydrogens is 455 g/mol. The van der Waals surface area contributed by atoms with Gasteiger partial charge in [0.05, 0.1) is 19.2 Å². The summed E-state index contributed by atoms with van der Waals surface area (Å²) >= 11 is 8.40. The van der Waals surface area contributed by atoms with Crippen molar-refractivity contribution in [2.24, 2.45) is 4.99 Å². The Kier molecular flexibility index (Phi) is 5.29. The van der Waals surface area contributed by atoms with Crippen LogP contribution < -0.4 is 14.8 Å². The molecule has 2 aromatic carbocycles. The first-order valence-corrected chi connectivity index (χ1v) is 8.76. The molecule has 0 atom stereocenters. The number of nitrogens with one attached hydrogen (secondary N) is 1. The summed E-state index contributed by atoms with van der Waals surface area (Å²) < 4.78 is 11.5. The predicted molar refractivity (Wildman–Crippen MR) is 106 cm³/mol. The number of amidine groups is 1. The molecule has 3 rings (SSSR count). The largest absolute Gasteiger partial charge is 0.493 e. The van der Waals surface area contributed by atoms with E-state index in [4.69, 9.17) is 21.1 Å². The minimum Gasteiger partial charge on any atom is -0.493 e. The van der Waals surface area contributed by atoms with Crippen molar-refractivity contribution in [1.82, 2.24) is 5.32 Å². The summed E-state index contributed by atoms with van der Waals surface area (Å²) in [6.45, 7) is 0. The van der Waals surface area contributed by atoms with Crippen molar-refractivity contribution in [2.45, 2.75) is 0 Å². The Balaban J connectivity index is 1.97. The SMILES string of the molecule is COc1ccc(C=C2N=C(c3cc(I)ccc3Cl)NC2=O)cc1OC. The van der Waals surface area contributed by atoms with Crippen LogP contribution in [0.1, 0.15) is 11.1 Å². The normalized spacial score (nSPS) is 15.1. The molecule has 1 amide bonds. The molecule has 1 heterocycles. The van der Waals surface area contributed by atoms with Crippen molar-refractivity contribution in [2.75, 3.05) is 14.2 Å². The minimum absolute atomic E-state index is 0.278. The Labute approximate surface area is 163 Å². The van der Waals surface area contributed by atoms with E-state index in [0.29, 0.717) is 33.6 Å². The molecule has 0 fully saturated rings. The van der Waals surface area contributed by atoms with Gasteiger partial charge in [-0.15, -0.1) is 0 Å². The standard InChI is InChI=1S/C18H14ClIN2O3/c1-24-15-6-3-10(8-16(15)25-2)7-14-18(23)22-17(21-14)12-9-11(20)4-5-13(12)19/h3-9H,1-2H3,(H,21,22,23). The van der Waals surface area contributed by atoms with Gasteiger partial charge in [-0.3, -0.25) is 4.79 Å². The fourth-order valence-electron chi connectivity index (χ4n) is 2.38. The molecule has 5 nitrogen and oxygen atoms in total. The molecular formula is C18H14ClIN2O3. The molecule has 0 saturated heterocycles. The van der Waals surface area contributed by atoms with Crippen LogP contribution in [0, 0.1) is 3.57 Å². The van der Waals surface area contributed by atoms with E-state index in [0.717, 1.165) is 9.13 Å². The first-order valence-electron chi connectivity index (χ1n) is 7.31. The lowest BCUT2D eigenvalue weighted by molar-refractivity contribution is -0.115. The zero-order chi connectivity index (χ0) is 18.0. The van der Waals surface area contributed by atoms with Gasteiger partial charge in [-0.1, -0.05) is 17.7 Å². The maximum atomic E-state index is 12.2. The number of hydrogen-bond donors (Lipinski definition) is 1. The highest BCUT2D eigenvalue weighted by Gasteiger charge is 2.23. The monoisotopic (exact) mass is 468 g/mol. The van der Waals surface area contributed by atoms with E-state index in [1.807, 2.05) is 18.2 Å². The molecule has 25 heavy (non-hydrogen) atoms. The summed E-state index contributed by atoms with van der Waals surface area (Å²) in [4.78, 5) is 16.6. The van der Waals surface area contributed by atoms with Crippen LogP contribution in [0.5, 0.6) is 11.5 Å². The number of hydrogen-bond acceptors (Lipinski definition) is 4. The second-order valence-corrected chi connectivity index (χ2v) is 6.84. The third kappa shape index (κ3) is 3.80. The molecule has 0 bridgehead atoms. The number of halogens is 2. The van der Waals surface area contributed by atoms with Gasteiger partial charge < -0.3 is 14.8 Å². The molecule has 0 unspecified atom stereocenters. The molecule has 0 aliphatic carbocycles. The average molecular weight is 469 g/mol. The Morgan fingerprint density at radius 2 is 1.88 bits per heavy atom. The van der Waals surface area contributed by atoms with Crippen molar-refractivity contribution < 1.29 is 14.3 Å². The highest BCUT2D eigenvalue weighted by Crippen LogP contribution is 2.29. The molecule has 1 aliphatic rings. The van der Waals surface area contributed by atoms with Crippen LogP contribution in [0.15, 0.2) is 47.1 Å². The van der Waals surface area contributed by atoms with Gasteiger partial charge in [-0.05, 0) is 64.6 Å². The zero-order valence-electron chi connectivity index (χ0n) is 13.5. The number of carbonyl (C=O) groups is 1. The van der Waals surface area contributed by atoms with Gasteiger partial charge in [0, 0.05) is 9.13 Å². The second kappa shape index (κ2) is 7.45. The van der Waals surface area contributed by atoms with Crippen molar-refractivity contribution in [3.8, 4) is 11.5 Å². The quantitative estimate of drug-likeness (QED) is 0.547. The maximum Gasteiger partial charge on any atom is 0.275 e. The number of carbonyl (C=O) groups excluding carboxylic acids is 1. The number of nitrogens with zero attached hydrogens (tertiary/aromatic N) is 1. The molecule has 0 aromatic heterocycles. The lowest BCUT2D eigenvalue weighted by atomic mass is 10.1. The molecule has 1 N–H and O–H groups in total. The molecule has 128 valence electrons. The molecule has 0 saturated carbocycles. The first-order chi connectivity index (χ1) is 12.0. The zero-order valence-corrected chi connectivity index (χ0v) is 16.4. The molecule has 0 spiro atoms. The Morgan fingerprint density at radius 3 is 2.60 bits per heavy atom. The number of benzene rings is 2. The van der Waals surface area contributed by atoms with Crippen molar-refractivity contribution in [1.29, 1.82) is 0 Å². The second-order valence-electron chi connectivity index (χ2n) is 5.18. The van der Waals surface area contributed by atoms with Crippen LogP contribution in [0.2, 0.25) is 5.02 Å². The van der Waals surface area contributed by atoms with E-state index in [2.05, 4.69) is 32.9 Å². The third-order valence-corrected chi connectivity index (χ3v) is 4.59. The lowest BCUT2D eigenvalue weighted by Gasteiger charge is -2.07. The van der Waals surface area contributed by atoms with Gasteiger partial charge >= 0.3 is 0 Å². The van der Waals surface area contributed by atoms with Gasteiger partial charge in [0.25, 0.3) is 5.91 Å². The fraction of sp³-hybridized carbons (Fsp3) is 0.111. The first kappa shape index (κ1) is 17.8. The van der Waals surface area contributed by atoms with Crippen molar-refractivity contribution >= 4 is 52.0 Å². The predicted octanol–water partition coefficient (Wildman–Crippen LogP) is 3.88. The van der Waals surface area contributed by atoms with Crippen LogP contribution in [0.3, 0.4) is 0 Å². The van der Waals surface area contributed by atoms with Gasteiger partial charge in [-0.2, -0.15) is 0 Å². The number of rotatable bonds is 4. The highest BCUT2D eigenvalue weighted by molar-refractivity contribution is 14.1. The Hall–Kier alpha value is -2.06. The van der Waals surface area contributed by atoms with E-state index in [-0.39, 0.29) is 5.91 Å². The lowest BCUT2D eigenvalue weighted by Crippen LogP contribution is -2.25. The van der Waals surface area contributed by atoms with Crippen LogP contribution in [-0.2, 0) is 4.79 Å². The van der Waals surface area contributed by atoms with E-state index in [9.17, 15) is 4.79 Å². The maximum absolute atomic E-state index is 12.2. The van der Waals surface area contributed by atoms with E-state index in [1.54, 1.807) is 38.5 Å². The topological polar surface area (TPSA) is 59.9 Å². The summed E-state index contributed by atoms with van der Waals surface area (Å²) in [5.41, 5.74) is 1.77. The Morgan fingerprint density at radius 1 is 1.12 bits per heavy atom. The molecule has 2 aromatic rings.